The van der Waals surface area contributed by atoms with Crippen molar-refractivity contribution in [1.82, 2.24) is 31.2 Å². The summed E-state index contributed by atoms with van der Waals surface area (Å²) in [5.74, 6) is 0. The molecule has 2 aromatic heterocycles. The molecule has 1 saturated heterocycles. The van der Waals surface area contributed by atoms with Crippen molar-refractivity contribution in [3.05, 3.63) is 95.5 Å². The van der Waals surface area contributed by atoms with Crippen LogP contribution in [0.3, 0.4) is 0 Å². The Hall–Kier alpha value is -3.38. The molecule has 0 amide bonds. The van der Waals surface area contributed by atoms with Crippen LogP contribution in [0.2, 0.25) is 0 Å². The first kappa shape index (κ1) is 18.6. The van der Waals surface area contributed by atoms with Crippen LogP contribution in [0.4, 0.5) is 0 Å². The number of nitrogens with one attached hydrogen (secondary N) is 4. The van der Waals surface area contributed by atoms with Gasteiger partial charge in [-0.1, -0.05) is 30.7 Å². The molecular formula is C24H26N6. The lowest BCUT2D eigenvalue weighted by Gasteiger charge is -2.35. The fraction of sp³-hybridized carbons (Fsp3) is 0.250. The third-order valence-corrected chi connectivity index (χ3v) is 5.61. The lowest BCUT2D eigenvalue weighted by molar-refractivity contribution is 0.430. The Morgan fingerprint density at radius 3 is 2.27 bits per heavy atom. The maximum atomic E-state index is 4.64. The number of rotatable bonds is 4. The average molecular weight is 399 g/mol. The number of piperidine rings is 1. The Bertz CT molecular complexity index is 1010. The van der Waals surface area contributed by atoms with E-state index in [1.165, 1.54) is 12.8 Å². The first-order valence-corrected chi connectivity index (χ1v) is 10.6. The van der Waals surface area contributed by atoms with Gasteiger partial charge in [0.2, 0.25) is 0 Å². The van der Waals surface area contributed by atoms with Gasteiger partial charge in [-0.05, 0) is 49.7 Å². The zero-order valence-corrected chi connectivity index (χ0v) is 16.9. The maximum absolute atomic E-state index is 4.64. The van der Waals surface area contributed by atoms with Crippen LogP contribution < -0.4 is 21.3 Å². The molecule has 3 aliphatic heterocycles. The summed E-state index contributed by atoms with van der Waals surface area (Å²) >= 11 is 0. The Labute approximate surface area is 176 Å². The fourth-order valence-electron chi connectivity index (χ4n) is 4.12. The van der Waals surface area contributed by atoms with Crippen LogP contribution in [-0.2, 0) is 0 Å². The Kier molecular flexibility index (Phi) is 5.31. The van der Waals surface area contributed by atoms with Gasteiger partial charge in [0.25, 0.3) is 0 Å². The summed E-state index contributed by atoms with van der Waals surface area (Å²) in [6.07, 6.45) is 13.5. The topological polar surface area (TPSA) is 73.9 Å². The van der Waals surface area contributed by atoms with Crippen LogP contribution in [0.25, 0.3) is 11.4 Å². The van der Waals surface area contributed by atoms with Crippen LogP contribution in [0, 0.1) is 0 Å². The van der Waals surface area contributed by atoms with E-state index in [9.17, 15) is 0 Å². The molecule has 0 bridgehead atoms. The van der Waals surface area contributed by atoms with E-state index >= 15 is 0 Å². The zero-order chi connectivity index (χ0) is 20.2. The van der Waals surface area contributed by atoms with Gasteiger partial charge < -0.3 is 21.3 Å². The number of nitrogens with zero attached hydrogens (tertiary/aromatic N) is 2. The van der Waals surface area contributed by atoms with Gasteiger partial charge in [0.1, 0.15) is 0 Å². The van der Waals surface area contributed by atoms with E-state index in [1.54, 1.807) is 0 Å². The van der Waals surface area contributed by atoms with Crippen molar-refractivity contribution in [2.24, 2.45) is 0 Å². The van der Waals surface area contributed by atoms with Crippen LogP contribution in [0.1, 0.15) is 30.7 Å². The highest BCUT2D eigenvalue weighted by Gasteiger charge is 2.30. The molecule has 30 heavy (non-hydrogen) atoms. The molecule has 5 heterocycles. The number of allylic oxidation sites excluding steroid dienone is 2. The monoisotopic (exact) mass is 398 g/mol. The van der Waals surface area contributed by atoms with Gasteiger partial charge in [-0.2, -0.15) is 0 Å². The van der Waals surface area contributed by atoms with Crippen molar-refractivity contribution in [1.29, 1.82) is 0 Å². The first-order chi connectivity index (χ1) is 14.9. The Balaban J connectivity index is 1.63. The molecule has 0 aromatic carbocycles. The highest BCUT2D eigenvalue weighted by molar-refractivity contribution is 5.81. The van der Waals surface area contributed by atoms with Crippen LogP contribution in [0.15, 0.2) is 84.1 Å². The molecule has 1 atom stereocenters. The molecule has 1 unspecified atom stereocenters. The van der Waals surface area contributed by atoms with Gasteiger partial charge in [-0.15, -0.1) is 0 Å². The third-order valence-electron chi connectivity index (χ3n) is 5.61. The van der Waals surface area contributed by atoms with Gasteiger partial charge in [0.05, 0.1) is 39.9 Å². The minimum absolute atomic E-state index is 0.247. The molecule has 1 fully saturated rings. The van der Waals surface area contributed by atoms with Gasteiger partial charge in [-0.3, -0.25) is 9.97 Å². The zero-order valence-electron chi connectivity index (χ0n) is 16.9. The quantitative estimate of drug-likeness (QED) is 0.635. The predicted molar refractivity (Wildman–Crippen MR) is 119 cm³/mol. The van der Waals surface area contributed by atoms with Crippen molar-refractivity contribution >= 4 is 11.4 Å². The molecular weight excluding hydrogens is 372 g/mol. The van der Waals surface area contributed by atoms with E-state index in [4.69, 9.17) is 0 Å². The van der Waals surface area contributed by atoms with Gasteiger partial charge in [0.15, 0.2) is 0 Å². The number of pyridine rings is 2. The molecule has 0 spiro atoms. The van der Waals surface area contributed by atoms with Crippen LogP contribution >= 0.6 is 0 Å². The molecule has 0 radical (unpaired) electrons. The summed E-state index contributed by atoms with van der Waals surface area (Å²) in [5, 5.41) is 14.7. The largest absolute Gasteiger partial charge is 0.380 e. The first-order valence-electron chi connectivity index (χ1n) is 10.6. The van der Waals surface area contributed by atoms with E-state index in [1.807, 2.05) is 42.7 Å². The number of aromatic nitrogens is 2. The SMILES string of the molecule is C1=CCNC(C2=C(c3ccccn3)NC(C3CCCCN3)=C(c3ccccn3)N2)=C1. The predicted octanol–water partition coefficient (Wildman–Crippen LogP) is 2.89. The fourth-order valence-corrected chi connectivity index (χ4v) is 4.12. The summed E-state index contributed by atoms with van der Waals surface area (Å²) in [4.78, 5) is 9.28. The lowest BCUT2D eigenvalue weighted by atomic mass is 9.96. The Morgan fingerprint density at radius 2 is 1.63 bits per heavy atom. The number of hydrogen-bond donors (Lipinski definition) is 4. The minimum Gasteiger partial charge on any atom is -0.380 e. The summed E-state index contributed by atoms with van der Waals surface area (Å²) in [6.45, 7) is 1.82. The van der Waals surface area contributed by atoms with Gasteiger partial charge >= 0.3 is 0 Å². The number of hydrogen-bond acceptors (Lipinski definition) is 6. The summed E-state index contributed by atoms with van der Waals surface area (Å²) in [6, 6.07) is 12.3. The Morgan fingerprint density at radius 1 is 0.833 bits per heavy atom. The van der Waals surface area contributed by atoms with E-state index in [0.717, 1.165) is 59.4 Å². The number of dihydropyridines is 1. The van der Waals surface area contributed by atoms with Crippen molar-refractivity contribution in [3.63, 3.8) is 0 Å². The van der Waals surface area contributed by atoms with Gasteiger partial charge in [-0.25, -0.2) is 0 Å². The van der Waals surface area contributed by atoms with E-state index in [0.29, 0.717) is 0 Å². The highest BCUT2D eigenvalue weighted by atomic mass is 15.1. The van der Waals surface area contributed by atoms with E-state index < -0.39 is 0 Å². The van der Waals surface area contributed by atoms with E-state index in [-0.39, 0.29) is 6.04 Å². The van der Waals surface area contributed by atoms with Crippen molar-refractivity contribution in [2.45, 2.75) is 25.3 Å². The van der Waals surface area contributed by atoms with Crippen molar-refractivity contribution in [2.75, 3.05) is 13.1 Å². The summed E-state index contributed by atoms with van der Waals surface area (Å²) < 4.78 is 0. The standard InChI is InChI=1S/C24H26N6/c1-5-13-25-17(9-1)21-22(18-10-2-6-14-26-18)30-24(20-12-4-8-16-28-20)23(29-21)19-11-3-7-15-27-19/h1-3,5-7,9-11,14-15,20,25,28-30H,4,8,12-13,16H2. The average Bonchev–Trinajstić information content (AvgIpc) is 2.85. The molecule has 4 N–H and O–H groups in total. The van der Waals surface area contributed by atoms with Crippen molar-refractivity contribution in [3.8, 4) is 0 Å². The highest BCUT2D eigenvalue weighted by Crippen LogP contribution is 2.31. The molecule has 0 saturated carbocycles. The third kappa shape index (κ3) is 3.74. The molecule has 6 heteroatoms. The lowest BCUT2D eigenvalue weighted by Crippen LogP contribution is -2.44. The maximum Gasteiger partial charge on any atom is 0.0904 e. The second-order valence-corrected chi connectivity index (χ2v) is 7.61. The smallest absolute Gasteiger partial charge is 0.0904 e. The van der Waals surface area contributed by atoms with Crippen LogP contribution in [0.5, 0.6) is 0 Å². The molecule has 3 aliphatic rings. The normalized spacial score (nSPS) is 21.5. The summed E-state index contributed by atoms with van der Waals surface area (Å²) in [7, 11) is 0. The minimum atomic E-state index is 0.247. The molecule has 2 aromatic rings. The molecule has 0 aliphatic carbocycles. The molecule has 6 nitrogen and oxygen atoms in total. The van der Waals surface area contributed by atoms with Gasteiger partial charge in [0, 0.05) is 25.0 Å². The second kappa shape index (κ2) is 8.55. The molecule has 152 valence electrons. The van der Waals surface area contributed by atoms with E-state index in [2.05, 4.69) is 55.5 Å². The summed E-state index contributed by atoms with van der Waals surface area (Å²) in [5.41, 5.74) is 6.98. The molecule has 5 rings (SSSR count). The van der Waals surface area contributed by atoms with Crippen LogP contribution in [-0.4, -0.2) is 29.1 Å². The van der Waals surface area contributed by atoms with Crippen molar-refractivity contribution < 1.29 is 0 Å². The second-order valence-electron chi connectivity index (χ2n) is 7.61.